The number of hydrogen-bond donors (Lipinski definition) is 1. The number of anilines is 1. The number of benzene rings is 1. The van der Waals surface area contributed by atoms with Crippen LogP contribution in [0.25, 0.3) is 0 Å². The second kappa shape index (κ2) is 10.1. The summed E-state index contributed by atoms with van der Waals surface area (Å²) in [6.07, 6.45) is -1.38. The molecular weight excluding hydrogens is 404 g/mol. The average molecular weight is 425 g/mol. The van der Waals surface area contributed by atoms with Crippen LogP contribution >= 0.6 is 11.3 Å². The summed E-state index contributed by atoms with van der Waals surface area (Å²) in [7, 11) is 0. The van der Waals surface area contributed by atoms with Crippen LogP contribution in [-0.4, -0.2) is 30.4 Å². The molecule has 1 aromatic carbocycles. The van der Waals surface area contributed by atoms with Gasteiger partial charge in [-0.1, -0.05) is 12.1 Å². The fourth-order valence-electron chi connectivity index (χ4n) is 2.57. The quantitative estimate of drug-likeness (QED) is 0.473. The maximum Gasteiger partial charge on any atom is 0.387 e. The summed E-state index contributed by atoms with van der Waals surface area (Å²) < 4.78 is 34.2. The first-order valence-corrected chi connectivity index (χ1v) is 9.63. The molecule has 0 aliphatic heterocycles. The molecule has 1 aromatic heterocycles. The summed E-state index contributed by atoms with van der Waals surface area (Å²) in [5.41, 5.74) is 0.612. The third-order valence-electron chi connectivity index (χ3n) is 3.94. The maximum absolute atomic E-state index is 12.4. The van der Waals surface area contributed by atoms with E-state index in [9.17, 15) is 23.2 Å². The lowest BCUT2D eigenvalue weighted by Crippen LogP contribution is -2.30. The summed E-state index contributed by atoms with van der Waals surface area (Å²) in [4.78, 5) is 38.3. The van der Waals surface area contributed by atoms with Gasteiger partial charge >= 0.3 is 12.6 Å². The Morgan fingerprint density at radius 1 is 1.14 bits per heavy atom. The number of amides is 1. The number of alkyl halides is 2. The summed E-state index contributed by atoms with van der Waals surface area (Å²) in [6.45, 7) is 2.04. The fourth-order valence-corrected chi connectivity index (χ4v) is 3.51. The molecule has 29 heavy (non-hydrogen) atoms. The van der Waals surface area contributed by atoms with Gasteiger partial charge in [-0.25, -0.2) is 0 Å². The minimum atomic E-state index is -3.04. The number of esters is 1. The Kier molecular flexibility index (Phi) is 7.83. The second-order valence-corrected chi connectivity index (χ2v) is 7.71. The highest BCUT2D eigenvalue weighted by Crippen LogP contribution is 2.26. The SMILES string of the molecule is Cc1cc(C(=O)CCC(=O)OC(C)C(=O)Nc2ccccc2OC(F)F)c(C)s1. The molecule has 1 amide bonds. The van der Waals surface area contributed by atoms with Gasteiger partial charge in [0, 0.05) is 21.7 Å². The predicted octanol–water partition coefficient (Wildman–Crippen LogP) is 4.50. The first-order valence-electron chi connectivity index (χ1n) is 8.81. The molecule has 2 aromatic rings. The lowest BCUT2D eigenvalue weighted by Gasteiger charge is -2.15. The summed E-state index contributed by atoms with van der Waals surface area (Å²) >= 11 is 1.50. The third-order valence-corrected chi connectivity index (χ3v) is 4.90. The predicted molar refractivity (Wildman–Crippen MR) is 105 cm³/mol. The largest absolute Gasteiger partial charge is 0.453 e. The number of halogens is 2. The van der Waals surface area contributed by atoms with Crippen LogP contribution in [0.1, 0.15) is 39.9 Å². The van der Waals surface area contributed by atoms with E-state index in [1.807, 2.05) is 13.8 Å². The van der Waals surface area contributed by atoms with Crippen molar-refractivity contribution in [2.24, 2.45) is 0 Å². The van der Waals surface area contributed by atoms with Crippen molar-refractivity contribution in [2.75, 3.05) is 5.32 Å². The number of ether oxygens (including phenoxy) is 2. The molecular formula is C20H21F2NO5S. The van der Waals surface area contributed by atoms with Crippen LogP contribution in [0.15, 0.2) is 30.3 Å². The molecule has 9 heteroatoms. The number of carbonyl (C=O) groups excluding carboxylic acids is 3. The third kappa shape index (κ3) is 6.63. The minimum Gasteiger partial charge on any atom is -0.453 e. The van der Waals surface area contributed by atoms with Crippen molar-refractivity contribution in [1.29, 1.82) is 0 Å². The molecule has 0 radical (unpaired) electrons. The zero-order chi connectivity index (χ0) is 21.6. The molecule has 1 unspecified atom stereocenters. The topological polar surface area (TPSA) is 81.7 Å². The van der Waals surface area contributed by atoms with Gasteiger partial charge in [-0.2, -0.15) is 8.78 Å². The number of para-hydroxylation sites is 2. The number of hydrogen-bond acceptors (Lipinski definition) is 6. The smallest absolute Gasteiger partial charge is 0.387 e. The van der Waals surface area contributed by atoms with E-state index in [4.69, 9.17) is 4.74 Å². The van der Waals surface area contributed by atoms with Crippen LogP contribution in [0.4, 0.5) is 14.5 Å². The molecule has 0 saturated heterocycles. The number of Topliss-reactive ketones (excluding diaryl/α,β-unsaturated/α-hetero) is 1. The molecule has 0 spiro atoms. The van der Waals surface area contributed by atoms with Crippen molar-refractivity contribution >= 4 is 34.7 Å². The van der Waals surface area contributed by atoms with Crippen LogP contribution in [0, 0.1) is 13.8 Å². The Labute approximate surface area is 170 Å². The molecule has 0 bridgehead atoms. The molecule has 0 fully saturated rings. The zero-order valence-electron chi connectivity index (χ0n) is 16.2. The summed E-state index contributed by atoms with van der Waals surface area (Å²) in [6, 6.07) is 7.45. The number of rotatable bonds is 9. The van der Waals surface area contributed by atoms with E-state index in [0.717, 1.165) is 9.75 Å². The van der Waals surface area contributed by atoms with Gasteiger partial charge in [0.25, 0.3) is 5.91 Å². The molecule has 1 atom stereocenters. The van der Waals surface area contributed by atoms with Gasteiger partial charge in [0.15, 0.2) is 11.9 Å². The first-order chi connectivity index (χ1) is 13.7. The van der Waals surface area contributed by atoms with Crippen molar-refractivity contribution < 1.29 is 32.6 Å². The lowest BCUT2D eigenvalue weighted by atomic mass is 10.1. The standard InChI is InChI=1S/C20H21F2NO5S/c1-11-10-14(13(3)29-11)16(24)8-9-18(25)27-12(2)19(26)23-15-6-4-5-7-17(15)28-20(21)22/h4-7,10,12,20H,8-9H2,1-3H3,(H,23,26). The van der Waals surface area contributed by atoms with E-state index >= 15 is 0 Å². The molecule has 0 saturated carbocycles. The van der Waals surface area contributed by atoms with Crippen LogP contribution in [0.2, 0.25) is 0 Å². The number of ketones is 1. The highest BCUT2D eigenvalue weighted by atomic mass is 32.1. The molecule has 1 heterocycles. The van der Waals surface area contributed by atoms with Gasteiger partial charge in [0.2, 0.25) is 0 Å². The van der Waals surface area contributed by atoms with E-state index in [1.165, 1.54) is 42.5 Å². The van der Waals surface area contributed by atoms with Crippen molar-refractivity contribution in [1.82, 2.24) is 0 Å². The van der Waals surface area contributed by atoms with Gasteiger partial charge < -0.3 is 14.8 Å². The Morgan fingerprint density at radius 2 is 1.83 bits per heavy atom. The van der Waals surface area contributed by atoms with Crippen LogP contribution < -0.4 is 10.1 Å². The van der Waals surface area contributed by atoms with Crippen LogP contribution in [0.3, 0.4) is 0 Å². The van der Waals surface area contributed by atoms with Gasteiger partial charge in [0.05, 0.1) is 12.1 Å². The number of nitrogens with one attached hydrogen (secondary N) is 1. The fraction of sp³-hybridized carbons (Fsp3) is 0.350. The van der Waals surface area contributed by atoms with Crippen LogP contribution in [0.5, 0.6) is 5.75 Å². The molecule has 2 rings (SSSR count). The van der Waals surface area contributed by atoms with E-state index in [0.29, 0.717) is 5.56 Å². The van der Waals surface area contributed by atoms with Gasteiger partial charge in [-0.3, -0.25) is 14.4 Å². The summed E-state index contributed by atoms with van der Waals surface area (Å²) in [5, 5.41) is 2.38. The normalized spacial score (nSPS) is 11.8. The van der Waals surface area contributed by atoms with Gasteiger partial charge in [-0.15, -0.1) is 11.3 Å². The minimum absolute atomic E-state index is 0.0270. The summed E-state index contributed by atoms with van der Waals surface area (Å²) in [5.74, 6) is -1.79. The Balaban J connectivity index is 1.87. The Morgan fingerprint density at radius 3 is 2.45 bits per heavy atom. The molecule has 6 nitrogen and oxygen atoms in total. The van der Waals surface area contributed by atoms with E-state index in [1.54, 1.807) is 6.07 Å². The van der Waals surface area contributed by atoms with Crippen molar-refractivity contribution in [3.8, 4) is 5.75 Å². The molecule has 0 aliphatic carbocycles. The van der Waals surface area contributed by atoms with E-state index in [2.05, 4.69) is 10.1 Å². The number of thiophene rings is 1. The molecule has 0 aliphatic rings. The highest BCUT2D eigenvalue weighted by molar-refractivity contribution is 7.12. The zero-order valence-corrected chi connectivity index (χ0v) is 17.0. The van der Waals surface area contributed by atoms with Gasteiger partial charge in [-0.05, 0) is 39.0 Å². The van der Waals surface area contributed by atoms with Gasteiger partial charge in [0.1, 0.15) is 5.75 Å². The Bertz CT molecular complexity index is 897. The Hall–Kier alpha value is -2.81. The molecule has 156 valence electrons. The van der Waals surface area contributed by atoms with Crippen molar-refractivity contribution in [3.63, 3.8) is 0 Å². The van der Waals surface area contributed by atoms with E-state index < -0.39 is 24.6 Å². The number of aryl methyl sites for hydroxylation is 2. The molecule has 1 N–H and O–H groups in total. The first kappa shape index (κ1) is 22.5. The lowest BCUT2D eigenvalue weighted by molar-refractivity contribution is -0.153. The monoisotopic (exact) mass is 425 g/mol. The van der Waals surface area contributed by atoms with Crippen LogP contribution in [-0.2, 0) is 14.3 Å². The van der Waals surface area contributed by atoms with E-state index in [-0.39, 0.29) is 30.1 Å². The second-order valence-electron chi connectivity index (χ2n) is 6.25. The maximum atomic E-state index is 12.4. The van der Waals surface area contributed by atoms with Crippen molar-refractivity contribution in [2.45, 2.75) is 46.3 Å². The highest BCUT2D eigenvalue weighted by Gasteiger charge is 2.21. The van der Waals surface area contributed by atoms with Crippen molar-refractivity contribution in [3.05, 3.63) is 45.6 Å². The average Bonchev–Trinajstić information content (AvgIpc) is 2.99. The number of carbonyl (C=O) groups is 3.